The van der Waals surface area contributed by atoms with E-state index in [1.165, 1.54) is 17.3 Å². The lowest BCUT2D eigenvalue weighted by Crippen LogP contribution is -2.33. The van der Waals surface area contributed by atoms with Gasteiger partial charge in [0.2, 0.25) is 5.91 Å². The molecule has 152 valence electrons. The maximum Gasteiger partial charge on any atom is 0.261 e. The number of carbonyl (C=O) groups excluding carboxylic acids is 2. The topological polar surface area (TPSA) is 62.3 Å². The minimum atomic E-state index is -0.0735. The average molecular weight is 418 g/mol. The monoisotopic (exact) mass is 417 g/mol. The molecule has 2 aromatic carbocycles. The molecule has 2 amide bonds. The van der Waals surface area contributed by atoms with Crippen LogP contribution >= 0.6 is 11.8 Å². The maximum absolute atomic E-state index is 13.2. The first-order chi connectivity index (χ1) is 14.6. The molecule has 5 nitrogen and oxygen atoms in total. The Hall–Kier alpha value is -3.12. The van der Waals surface area contributed by atoms with Crippen LogP contribution in [-0.4, -0.2) is 23.3 Å². The number of anilines is 1. The van der Waals surface area contributed by atoms with E-state index in [0.717, 1.165) is 16.1 Å². The van der Waals surface area contributed by atoms with Crippen LogP contribution in [0.15, 0.2) is 76.8 Å². The van der Waals surface area contributed by atoms with Crippen LogP contribution in [0.2, 0.25) is 0 Å². The number of nitrogens with zero attached hydrogens (tertiary/aromatic N) is 2. The molecule has 2 heterocycles. The first-order valence-corrected chi connectivity index (χ1v) is 10.8. The summed E-state index contributed by atoms with van der Waals surface area (Å²) in [5.41, 5.74) is 3.74. The zero-order chi connectivity index (χ0) is 20.9. The minimum Gasteiger partial charge on any atom is -0.352 e. The number of fused-ring (bicyclic) bond motifs is 2. The van der Waals surface area contributed by atoms with Crippen molar-refractivity contribution in [2.24, 2.45) is 0 Å². The molecular formula is C24H23N3O2S. The van der Waals surface area contributed by atoms with Gasteiger partial charge in [0.15, 0.2) is 0 Å². The summed E-state index contributed by atoms with van der Waals surface area (Å²) < 4.78 is 0. The number of hydrogen-bond donors (Lipinski definition) is 1. The van der Waals surface area contributed by atoms with Crippen molar-refractivity contribution in [3.8, 4) is 0 Å². The van der Waals surface area contributed by atoms with E-state index in [1.807, 2.05) is 61.5 Å². The number of nitrogens with one attached hydrogen (secondary N) is 1. The van der Waals surface area contributed by atoms with Gasteiger partial charge in [-0.1, -0.05) is 53.7 Å². The molecule has 0 bridgehead atoms. The van der Waals surface area contributed by atoms with Gasteiger partial charge in [-0.3, -0.25) is 9.59 Å². The highest BCUT2D eigenvalue weighted by Gasteiger charge is 2.27. The van der Waals surface area contributed by atoms with Gasteiger partial charge in [0.05, 0.1) is 11.3 Å². The van der Waals surface area contributed by atoms with Crippen molar-refractivity contribution in [3.05, 3.63) is 83.6 Å². The van der Waals surface area contributed by atoms with Crippen molar-refractivity contribution < 1.29 is 9.59 Å². The van der Waals surface area contributed by atoms with Crippen molar-refractivity contribution in [2.45, 2.75) is 36.2 Å². The number of amides is 2. The summed E-state index contributed by atoms with van der Waals surface area (Å²) in [6.45, 7) is 3.03. The quantitative estimate of drug-likeness (QED) is 0.637. The van der Waals surface area contributed by atoms with E-state index >= 15 is 0 Å². The van der Waals surface area contributed by atoms with Gasteiger partial charge in [0.25, 0.3) is 5.91 Å². The number of benzene rings is 2. The van der Waals surface area contributed by atoms with E-state index < -0.39 is 0 Å². The van der Waals surface area contributed by atoms with E-state index in [4.69, 9.17) is 0 Å². The number of para-hydroxylation sites is 1. The van der Waals surface area contributed by atoms with Crippen molar-refractivity contribution in [3.63, 3.8) is 0 Å². The van der Waals surface area contributed by atoms with Crippen molar-refractivity contribution in [2.75, 3.05) is 11.4 Å². The lowest BCUT2D eigenvalue weighted by molar-refractivity contribution is -0.121. The summed E-state index contributed by atoms with van der Waals surface area (Å²) in [6.07, 6.45) is 2.65. The van der Waals surface area contributed by atoms with Crippen LogP contribution in [0.4, 0.5) is 5.69 Å². The largest absolute Gasteiger partial charge is 0.352 e. The van der Waals surface area contributed by atoms with Gasteiger partial charge in [-0.15, -0.1) is 0 Å². The Kier molecular flexibility index (Phi) is 6.14. The molecule has 0 unspecified atom stereocenters. The molecule has 3 aromatic rings. The first-order valence-electron chi connectivity index (χ1n) is 9.98. The lowest BCUT2D eigenvalue weighted by atomic mass is 10.1. The number of pyridine rings is 1. The molecule has 1 aliphatic rings. The minimum absolute atomic E-state index is 0.0115. The van der Waals surface area contributed by atoms with Crippen molar-refractivity contribution in [1.82, 2.24) is 10.3 Å². The predicted octanol–water partition coefficient (Wildman–Crippen LogP) is 4.60. The maximum atomic E-state index is 13.2. The highest BCUT2D eigenvalue weighted by molar-refractivity contribution is 7.99. The molecule has 0 aliphatic carbocycles. The fraction of sp³-hybridized carbons (Fsp3) is 0.208. The van der Waals surface area contributed by atoms with Crippen LogP contribution in [0, 0.1) is 6.92 Å². The molecule has 30 heavy (non-hydrogen) atoms. The molecule has 0 saturated carbocycles. The molecular weight excluding hydrogens is 394 g/mol. The average Bonchev–Trinajstić information content (AvgIpc) is 2.88. The summed E-state index contributed by atoms with van der Waals surface area (Å²) in [6, 6.07) is 19.5. The molecule has 0 saturated heterocycles. The summed E-state index contributed by atoms with van der Waals surface area (Å²) in [4.78, 5) is 32.6. The van der Waals surface area contributed by atoms with Gasteiger partial charge >= 0.3 is 0 Å². The molecule has 0 atom stereocenters. The third-order valence-corrected chi connectivity index (χ3v) is 6.09. The Morgan fingerprint density at radius 1 is 1.07 bits per heavy atom. The number of rotatable bonds is 6. The van der Waals surface area contributed by atoms with E-state index in [2.05, 4.69) is 10.3 Å². The Bertz CT molecular complexity index is 1070. The van der Waals surface area contributed by atoms with Crippen LogP contribution in [0.25, 0.3) is 0 Å². The van der Waals surface area contributed by atoms with Gasteiger partial charge in [0, 0.05) is 30.6 Å². The van der Waals surface area contributed by atoms with Crippen LogP contribution in [0.5, 0.6) is 0 Å². The standard InChI is InChI=1S/C24H23N3O2S/c1-17-10-12-18(13-11-17)16-26-22(28)9-5-15-27-20-7-2-3-8-21(20)30-23-19(24(27)29)6-4-14-25-23/h2-4,6-8,10-14H,5,9,15-16H2,1H3,(H,26,28). The summed E-state index contributed by atoms with van der Waals surface area (Å²) >= 11 is 1.50. The smallest absolute Gasteiger partial charge is 0.261 e. The second kappa shape index (κ2) is 9.13. The summed E-state index contributed by atoms with van der Waals surface area (Å²) in [5, 5.41) is 3.67. The van der Waals surface area contributed by atoms with Gasteiger partial charge < -0.3 is 10.2 Å². The highest BCUT2D eigenvalue weighted by atomic mass is 32.2. The number of aryl methyl sites for hydroxylation is 1. The second-order valence-electron chi connectivity index (χ2n) is 7.25. The Labute approximate surface area is 180 Å². The predicted molar refractivity (Wildman–Crippen MR) is 119 cm³/mol. The Morgan fingerprint density at radius 2 is 1.87 bits per heavy atom. The Balaban J connectivity index is 1.40. The fourth-order valence-corrected chi connectivity index (χ4v) is 4.39. The van der Waals surface area contributed by atoms with E-state index in [0.29, 0.717) is 36.5 Å². The van der Waals surface area contributed by atoms with Crippen LogP contribution < -0.4 is 10.2 Å². The molecule has 1 N–H and O–H groups in total. The zero-order valence-electron chi connectivity index (χ0n) is 16.8. The molecule has 6 heteroatoms. The van der Waals surface area contributed by atoms with Crippen LogP contribution in [0.1, 0.15) is 34.3 Å². The number of aromatic nitrogens is 1. The van der Waals surface area contributed by atoms with Crippen molar-refractivity contribution >= 4 is 29.3 Å². The third-order valence-electron chi connectivity index (χ3n) is 5.01. The molecule has 0 radical (unpaired) electrons. The van der Waals surface area contributed by atoms with E-state index in [9.17, 15) is 9.59 Å². The second-order valence-corrected chi connectivity index (χ2v) is 8.28. The fourth-order valence-electron chi connectivity index (χ4n) is 3.38. The molecule has 0 spiro atoms. The summed E-state index contributed by atoms with van der Waals surface area (Å²) in [7, 11) is 0. The number of hydrogen-bond acceptors (Lipinski definition) is 4. The molecule has 0 fully saturated rings. The molecule has 1 aliphatic heterocycles. The van der Waals surface area contributed by atoms with E-state index in [-0.39, 0.29) is 11.8 Å². The van der Waals surface area contributed by atoms with Crippen LogP contribution in [-0.2, 0) is 11.3 Å². The normalized spacial score (nSPS) is 12.7. The third kappa shape index (κ3) is 4.54. The number of carbonyl (C=O) groups is 2. The SMILES string of the molecule is Cc1ccc(CNC(=O)CCCN2C(=O)c3cccnc3Sc3ccccc32)cc1. The van der Waals surface area contributed by atoms with Crippen molar-refractivity contribution in [1.29, 1.82) is 0 Å². The van der Waals surface area contributed by atoms with Gasteiger partial charge in [0.1, 0.15) is 5.03 Å². The van der Waals surface area contributed by atoms with Gasteiger partial charge in [-0.2, -0.15) is 0 Å². The zero-order valence-corrected chi connectivity index (χ0v) is 17.6. The van der Waals surface area contributed by atoms with Crippen LogP contribution in [0.3, 0.4) is 0 Å². The van der Waals surface area contributed by atoms with Gasteiger partial charge in [-0.25, -0.2) is 4.98 Å². The Morgan fingerprint density at radius 3 is 2.70 bits per heavy atom. The molecule has 1 aromatic heterocycles. The highest BCUT2D eigenvalue weighted by Crippen LogP contribution is 2.40. The lowest BCUT2D eigenvalue weighted by Gasteiger charge is -2.22. The summed E-state index contributed by atoms with van der Waals surface area (Å²) in [5.74, 6) is -0.0850. The molecule has 4 rings (SSSR count). The van der Waals surface area contributed by atoms with Gasteiger partial charge in [-0.05, 0) is 43.2 Å². The first kappa shape index (κ1) is 20.2. The van der Waals surface area contributed by atoms with E-state index in [1.54, 1.807) is 17.2 Å².